The Morgan fingerprint density at radius 2 is 1.54 bits per heavy atom. The fourth-order valence-corrected chi connectivity index (χ4v) is 3.09. The van der Waals surface area contributed by atoms with Gasteiger partial charge in [0.2, 0.25) is 12.3 Å². The highest BCUT2D eigenvalue weighted by atomic mass is 16.6. The first-order valence-electron chi connectivity index (χ1n) is 9.15. The molecule has 0 saturated heterocycles. The minimum absolute atomic E-state index is 0.215. The van der Waals surface area contributed by atoms with Gasteiger partial charge < -0.3 is 4.74 Å². The van der Waals surface area contributed by atoms with Gasteiger partial charge in [-0.3, -0.25) is 14.9 Å². The Hall–Kier alpha value is -3.02. The van der Waals surface area contributed by atoms with Gasteiger partial charge in [-0.1, -0.05) is 60.7 Å². The predicted molar refractivity (Wildman–Crippen MR) is 106 cm³/mol. The molecular weight excluding hydrogens is 358 g/mol. The van der Waals surface area contributed by atoms with Crippen LogP contribution in [-0.4, -0.2) is 28.8 Å². The molecule has 0 aliphatic rings. The van der Waals surface area contributed by atoms with Crippen molar-refractivity contribution in [1.29, 1.82) is 0 Å². The summed E-state index contributed by atoms with van der Waals surface area (Å²) in [5.74, 6) is -3.34. The fraction of sp³-hybridized carbons (Fsp3) is 0.364. The Bertz CT molecular complexity index is 812. The zero-order chi connectivity index (χ0) is 20.7. The molecule has 0 fully saturated rings. The van der Waals surface area contributed by atoms with Gasteiger partial charge in [0.1, 0.15) is 5.60 Å². The van der Waals surface area contributed by atoms with Crippen molar-refractivity contribution in [2.24, 2.45) is 5.92 Å². The van der Waals surface area contributed by atoms with Crippen LogP contribution in [0.5, 0.6) is 0 Å². The molecule has 6 nitrogen and oxygen atoms in total. The molecule has 2 aromatic rings. The summed E-state index contributed by atoms with van der Waals surface area (Å²) < 4.78 is 5.25. The monoisotopic (exact) mass is 383 g/mol. The second-order valence-corrected chi connectivity index (χ2v) is 7.69. The number of nitro groups is 1. The molecule has 0 radical (unpaired) electrons. The van der Waals surface area contributed by atoms with E-state index in [1.54, 1.807) is 51.1 Å². The van der Waals surface area contributed by atoms with Crippen LogP contribution in [0.3, 0.4) is 0 Å². The zero-order valence-electron chi connectivity index (χ0n) is 16.3. The molecule has 0 aliphatic heterocycles. The van der Waals surface area contributed by atoms with Crippen molar-refractivity contribution in [3.05, 3.63) is 81.9 Å². The van der Waals surface area contributed by atoms with Crippen LogP contribution in [0.15, 0.2) is 60.7 Å². The van der Waals surface area contributed by atoms with Gasteiger partial charge in [-0.25, -0.2) is 4.79 Å². The number of carbonyl (C=O) groups is 2. The minimum Gasteiger partial charge on any atom is -0.454 e. The van der Waals surface area contributed by atoms with Gasteiger partial charge in [-0.15, -0.1) is 0 Å². The first-order valence-corrected chi connectivity index (χ1v) is 9.15. The lowest BCUT2D eigenvalue weighted by atomic mass is 9.79. The number of nitrogens with zero attached hydrogens (tertiary/aromatic N) is 1. The van der Waals surface area contributed by atoms with Gasteiger partial charge in [-0.05, 0) is 38.3 Å². The van der Waals surface area contributed by atoms with E-state index in [0.29, 0.717) is 5.56 Å². The summed E-state index contributed by atoms with van der Waals surface area (Å²) in [7, 11) is 0. The lowest BCUT2D eigenvalue weighted by Gasteiger charge is -2.25. The highest BCUT2D eigenvalue weighted by Crippen LogP contribution is 2.30. The van der Waals surface area contributed by atoms with Gasteiger partial charge in [-0.2, -0.15) is 0 Å². The zero-order valence-corrected chi connectivity index (χ0v) is 16.3. The maximum atomic E-state index is 13.0. The second kappa shape index (κ2) is 9.26. The molecule has 0 bridgehead atoms. The van der Waals surface area contributed by atoms with Crippen LogP contribution >= 0.6 is 0 Å². The normalized spacial score (nSPS) is 13.4. The number of hydrogen-bond acceptors (Lipinski definition) is 5. The minimum atomic E-state index is -0.960. The molecule has 2 aromatic carbocycles. The summed E-state index contributed by atoms with van der Waals surface area (Å²) in [6, 6.07) is 18.0. The molecule has 2 rings (SSSR count). The third-order valence-corrected chi connectivity index (χ3v) is 4.29. The molecule has 0 saturated carbocycles. The lowest BCUT2D eigenvalue weighted by Crippen LogP contribution is -2.37. The molecule has 0 N–H and O–H groups in total. The highest BCUT2D eigenvalue weighted by Gasteiger charge is 2.38. The Balaban J connectivity index is 2.43. The van der Waals surface area contributed by atoms with Gasteiger partial charge in [0, 0.05) is 10.8 Å². The topological polar surface area (TPSA) is 86.5 Å². The van der Waals surface area contributed by atoms with E-state index in [-0.39, 0.29) is 6.42 Å². The first-order chi connectivity index (χ1) is 13.2. The van der Waals surface area contributed by atoms with Crippen molar-refractivity contribution < 1.29 is 19.2 Å². The Kier molecular flexibility index (Phi) is 7.04. The molecular formula is C22H25NO5. The van der Waals surface area contributed by atoms with E-state index in [1.165, 1.54) is 0 Å². The summed E-state index contributed by atoms with van der Waals surface area (Å²) in [5.41, 5.74) is 0.654. The number of Topliss-reactive ketones (excluding diaryl/α,β-unsaturated/α-hetero) is 1. The maximum Gasteiger partial charge on any atom is 0.375 e. The summed E-state index contributed by atoms with van der Waals surface area (Å²) in [6.07, 6.45) is 0.215. The van der Waals surface area contributed by atoms with E-state index in [1.807, 2.05) is 30.3 Å². The smallest absolute Gasteiger partial charge is 0.375 e. The van der Waals surface area contributed by atoms with E-state index >= 15 is 0 Å². The number of ether oxygens (including phenoxy) is 1. The second-order valence-electron chi connectivity index (χ2n) is 7.69. The van der Waals surface area contributed by atoms with Crippen molar-refractivity contribution >= 4 is 11.8 Å². The number of ketones is 1. The van der Waals surface area contributed by atoms with Crippen LogP contribution < -0.4 is 0 Å². The van der Waals surface area contributed by atoms with Gasteiger partial charge in [0.25, 0.3) is 0 Å². The van der Waals surface area contributed by atoms with Crippen molar-refractivity contribution in [2.45, 2.75) is 38.7 Å². The van der Waals surface area contributed by atoms with Crippen molar-refractivity contribution in [3.8, 4) is 0 Å². The van der Waals surface area contributed by atoms with E-state index in [9.17, 15) is 19.7 Å². The standard InChI is InChI=1S/C22H25NO5/c1-22(2,3)28-21(25)20(24)18(14-16-10-6-4-7-11-16)19(15-23(26)27)17-12-8-5-9-13-17/h4-13,18-19H,14-15H2,1-3H3/t18-,19+/m0/s1. The molecule has 148 valence electrons. The Morgan fingerprint density at radius 3 is 2.04 bits per heavy atom. The molecule has 0 unspecified atom stereocenters. The van der Waals surface area contributed by atoms with E-state index in [2.05, 4.69) is 0 Å². The highest BCUT2D eigenvalue weighted by molar-refractivity contribution is 6.34. The first kappa shape index (κ1) is 21.3. The largest absolute Gasteiger partial charge is 0.454 e. The van der Waals surface area contributed by atoms with Crippen LogP contribution in [0.1, 0.15) is 37.8 Å². The predicted octanol–water partition coefficient (Wildman–Crippen LogP) is 3.82. The molecule has 0 amide bonds. The van der Waals surface area contributed by atoms with Crippen molar-refractivity contribution in [2.75, 3.05) is 6.54 Å². The van der Waals surface area contributed by atoms with Crippen LogP contribution in [0, 0.1) is 16.0 Å². The van der Waals surface area contributed by atoms with Crippen LogP contribution in [0.4, 0.5) is 0 Å². The fourth-order valence-electron chi connectivity index (χ4n) is 3.09. The molecule has 2 atom stereocenters. The quantitative estimate of drug-likeness (QED) is 0.299. The Morgan fingerprint density at radius 1 is 1.00 bits per heavy atom. The van der Waals surface area contributed by atoms with Crippen LogP contribution in [-0.2, 0) is 20.7 Å². The van der Waals surface area contributed by atoms with E-state index < -0.39 is 40.7 Å². The molecule has 0 spiro atoms. The Labute approximate surface area is 164 Å². The molecule has 0 aliphatic carbocycles. The van der Waals surface area contributed by atoms with Gasteiger partial charge in [0.15, 0.2) is 0 Å². The van der Waals surface area contributed by atoms with E-state index in [0.717, 1.165) is 5.56 Å². The summed E-state index contributed by atoms with van der Waals surface area (Å²) in [5, 5.41) is 11.3. The molecule has 0 aromatic heterocycles. The summed E-state index contributed by atoms with van der Waals surface area (Å²) in [6.45, 7) is 4.58. The van der Waals surface area contributed by atoms with Crippen molar-refractivity contribution in [3.63, 3.8) is 0 Å². The van der Waals surface area contributed by atoms with Crippen LogP contribution in [0.2, 0.25) is 0 Å². The average molecular weight is 383 g/mol. The lowest BCUT2D eigenvalue weighted by molar-refractivity contribution is -0.484. The van der Waals surface area contributed by atoms with E-state index in [4.69, 9.17) is 4.74 Å². The van der Waals surface area contributed by atoms with Crippen molar-refractivity contribution in [1.82, 2.24) is 0 Å². The summed E-state index contributed by atoms with van der Waals surface area (Å²) >= 11 is 0. The average Bonchev–Trinajstić information content (AvgIpc) is 2.64. The number of carbonyl (C=O) groups excluding carboxylic acids is 2. The number of hydrogen-bond donors (Lipinski definition) is 0. The number of benzene rings is 2. The number of esters is 1. The number of rotatable bonds is 8. The van der Waals surface area contributed by atoms with Gasteiger partial charge >= 0.3 is 5.97 Å². The summed E-state index contributed by atoms with van der Waals surface area (Å²) in [4.78, 5) is 36.4. The molecule has 6 heteroatoms. The SMILES string of the molecule is CC(C)(C)OC(=O)C(=O)[C@@H](Cc1ccccc1)[C@H](C[N+](=O)[O-])c1ccccc1. The van der Waals surface area contributed by atoms with Gasteiger partial charge in [0.05, 0.1) is 5.92 Å². The maximum absolute atomic E-state index is 13.0. The third-order valence-electron chi connectivity index (χ3n) is 4.29. The molecule has 28 heavy (non-hydrogen) atoms. The molecule has 0 heterocycles. The third kappa shape index (κ3) is 6.30. The van der Waals surface area contributed by atoms with Crippen LogP contribution in [0.25, 0.3) is 0 Å².